The maximum Gasteiger partial charge on any atom is 0.130 e. The Morgan fingerprint density at radius 1 is 0.690 bits per heavy atom. The lowest BCUT2D eigenvalue weighted by atomic mass is 9.90. The lowest BCUT2D eigenvalue weighted by Crippen LogP contribution is -2.23. The molecule has 156 valence electrons. The van der Waals surface area contributed by atoms with Crippen LogP contribution in [0.4, 0.5) is 8.78 Å². The molecule has 0 amide bonds. The second kappa shape index (κ2) is 9.57. The molecule has 1 nitrogen and oxygen atoms in total. The van der Waals surface area contributed by atoms with Gasteiger partial charge in [0.05, 0.1) is 12.2 Å². The summed E-state index contributed by atoms with van der Waals surface area (Å²) in [5, 5.41) is 0. The minimum absolute atomic E-state index is 0.252. The van der Waals surface area contributed by atoms with Crippen molar-refractivity contribution in [2.75, 3.05) is 0 Å². The molecule has 0 heterocycles. The second-order valence-electron chi connectivity index (χ2n) is 8.40. The van der Waals surface area contributed by atoms with Crippen LogP contribution in [0.3, 0.4) is 0 Å². The fourth-order valence-corrected chi connectivity index (χ4v) is 5.69. The molecular weight excluding hydrogens is 502 g/mol. The van der Waals surface area contributed by atoms with Gasteiger partial charge in [0.1, 0.15) is 11.6 Å². The van der Waals surface area contributed by atoms with Gasteiger partial charge in [0.25, 0.3) is 0 Å². The smallest absolute Gasteiger partial charge is 0.130 e. The van der Waals surface area contributed by atoms with Gasteiger partial charge in [0.15, 0.2) is 0 Å². The van der Waals surface area contributed by atoms with Crippen molar-refractivity contribution < 1.29 is 13.5 Å². The van der Waals surface area contributed by atoms with E-state index >= 15 is 0 Å². The average Bonchev–Trinajstić information content (AvgIpc) is 3.38. The van der Waals surface area contributed by atoms with Crippen molar-refractivity contribution in [3.05, 3.63) is 68.1 Å². The van der Waals surface area contributed by atoms with E-state index in [0.717, 1.165) is 60.3 Å². The van der Waals surface area contributed by atoms with Crippen LogP contribution in [-0.4, -0.2) is 0 Å². The summed E-state index contributed by atoms with van der Waals surface area (Å²) >= 11 is 6.70. The zero-order valence-corrected chi connectivity index (χ0v) is 19.5. The first-order valence-corrected chi connectivity index (χ1v) is 12.2. The molecule has 0 radical (unpaired) electrons. The zero-order valence-electron chi connectivity index (χ0n) is 16.4. The first-order valence-electron chi connectivity index (χ1n) is 10.6. The molecule has 0 saturated heterocycles. The molecule has 2 fully saturated rings. The number of halogens is 4. The summed E-state index contributed by atoms with van der Waals surface area (Å²) in [6, 6.07) is 10.4. The Labute approximate surface area is 188 Å². The minimum atomic E-state index is -0.348. The molecular formula is C24H26Br2F2O. The van der Waals surface area contributed by atoms with E-state index in [-0.39, 0.29) is 35.7 Å². The summed E-state index contributed by atoms with van der Waals surface area (Å²) in [6.45, 7) is 0. The molecule has 0 aliphatic heterocycles. The third kappa shape index (κ3) is 4.94. The summed E-state index contributed by atoms with van der Waals surface area (Å²) in [5.74, 6) is 0.0385. The van der Waals surface area contributed by atoms with E-state index < -0.39 is 0 Å². The summed E-state index contributed by atoms with van der Waals surface area (Å²) in [5.41, 5.74) is 1.20. The third-order valence-corrected chi connectivity index (χ3v) is 7.47. The van der Waals surface area contributed by atoms with Crippen LogP contribution >= 0.6 is 31.9 Å². The SMILES string of the molecule is Fc1cc(Br)ccc1C(OC(c1ccc(Br)cc1F)C1CCCC1)C1CCCC1. The maximum atomic E-state index is 14.9. The fraction of sp³-hybridized carbons (Fsp3) is 0.500. The highest BCUT2D eigenvalue weighted by Crippen LogP contribution is 2.47. The Bertz CT molecular complexity index is 775. The normalized spacial score (nSPS) is 20.3. The lowest BCUT2D eigenvalue weighted by molar-refractivity contribution is -0.0746. The number of benzene rings is 2. The van der Waals surface area contributed by atoms with Crippen LogP contribution in [0.5, 0.6) is 0 Å². The van der Waals surface area contributed by atoms with Crippen molar-refractivity contribution in [3.63, 3.8) is 0 Å². The highest BCUT2D eigenvalue weighted by molar-refractivity contribution is 9.10. The van der Waals surface area contributed by atoms with Gasteiger partial charge in [-0.1, -0.05) is 69.7 Å². The molecule has 29 heavy (non-hydrogen) atoms. The van der Waals surface area contributed by atoms with Crippen LogP contribution in [0.1, 0.15) is 74.7 Å². The molecule has 0 N–H and O–H groups in total. The Hall–Kier alpha value is -0.780. The molecule has 2 aromatic rings. The van der Waals surface area contributed by atoms with Gasteiger partial charge in [-0.15, -0.1) is 0 Å². The van der Waals surface area contributed by atoms with Gasteiger partial charge in [-0.2, -0.15) is 0 Å². The van der Waals surface area contributed by atoms with E-state index in [4.69, 9.17) is 4.74 Å². The first-order chi connectivity index (χ1) is 14.0. The van der Waals surface area contributed by atoms with Crippen LogP contribution in [-0.2, 0) is 4.74 Å². The summed E-state index contributed by atoms with van der Waals surface area (Å²) < 4.78 is 38.0. The molecule has 4 rings (SSSR count). The maximum absolute atomic E-state index is 14.9. The summed E-state index contributed by atoms with van der Waals surface area (Å²) in [7, 11) is 0. The molecule has 0 aromatic heterocycles. The molecule has 2 aliphatic rings. The van der Waals surface area contributed by atoms with Gasteiger partial charge < -0.3 is 4.74 Å². The molecule has 0 spiro atoms. The number of hydrogen-bond donors (Lipinski definition) is 0. The highest BCUT2D eigenvalue weighted by atomic mass is 79.9. The van der Waals surface area contributed by atoms with E-state index in [1.165, 1.54) is 12.1 Å². The quantitative estimate of drug-likeness (QED) is 0.365. The van der Waals surface area contributed by atoms with Gasteiger partial charge in [-0.05, 0) is 61.8 Å². The average molecular weight is 528 g/mol. The number of ether oxygens (including phenoxy) is 1. The van der Waals surface area contributed by atoms with Crippen molar-refractivity contribution >= 4 is 31.9 Å². The molecule has 2 aromatic carbocycles. The van der Waals surface area contributed by atoms with Gasteiger partial charge in [0, 0.05) is 20.1 Å². The standard InChI is InChI=1S/C24H26Br2F2O/c25-17-9-11-19(21(27)13-17)23(15-5-1-2-6-15)29-24(16-7-3-4-8-16)20-12-10-18(26)14-22(20)28/h9-16,23-24H,1-8H2. The van der Waals surface area contributed by atoms with E-state index in [9.17, 15) is 8.78 Å². The highest BCUT2D eigenvalue weighted by Gasteiger charge is 2.36. The van der Waals surface area contributed by atoms with Crippen molar-refractivity contribution in [3.8, 4) is 0 Å². The minimum Gasteiger partial charge on any atom is -0.365 e. The van der Waals surface area contributed by atoms with E-state index in [1.807, 2.05) is 24.3 Å². The number of rotatable bonds is 6. The van der Waals surface area contributed by atoms with Crippen molar-refractivity contribution in [2.24, 2.45) is 11.8 Å². The Morgan fingerprint density at radius 2 is 1.07 bits per heavy atom. The van der Waals surface area contributed by atoms with Crippen molar-refractivity contribution in [1.29, 1.82) is 0 Å². The van der Waals surface area contributed by atoms with E-state index in [1.54, 1.807) is 0 Å². The summed E-state index contributed by atoms with van der Waals surface area (Å²) in [4.78, 5) is 0. The molecule has 5 heteroatoms. The Kier molecular flexibility index (Phi) is 7.08. The van der Waals surface area contributed by atoms with Crippen LogP contribution < -0.4 is 0 Å². The molecule has 0 bridgehead atoms. The lowest BCUT2D eigenvalue weighted by Gasteiger charge is -2.33. The van der Waals surface area contributed by atoms with Gasteiger partial charge in [-0.3, -0.25) is 0 Å². The number of hydrogen-bond acceptors (Lipinski definition) is 1. The second-order valence-corrected chi connectivity index (χ2v) is 10.2. The van der Waals surface area contributed by atoms with Gasteiger partial charge in [0.2, 0.25) is 0 Å². The van der Waals surface area contributed by atoms with E-state index in [2.05, 4.69) is 31.9 Å². The van der Waals surface area contributed by atoms with Crippen molar-refractivity contribution in [1.82, 2.24) is 0 Å². The Morgan fingerprint density at radius 3 is 1.41 bits per heavy atom. The fourth-order valence-electron chi connectivity index (χ4n) is 5.02. The van der Waals surface area contributed by atoms with Gasteiger partial charge in [-0.25, -0.2) is 8.78 Å². The molecule has 2 aliphatic carbocycles. The predicted octanol–water partition coefficient (Wildman–Crippen LogP) is 8.67. The van der Waals surface area contributed by atoms with Crippen LogP contribution in [0, 0.1) is 23.5 Å². The van der Waals surface area contributed by atoms with Crippen molar-refractivity contribution in [2.45, 2.75) is 63.6 Å². The molecule has 2 saturated carbocycles. The topological polar surface area (TPSA) is 9.23 Å². The molecule has 2 atom stereocenters. The first kappa shape index (κ1) is 21.5. The third-order valence-electron chi connectivity index (χ3n) is 6.49. The summed E-state index contributed by atoms with van der Waals surface area (Å²) in [6.07, 6.45) is 7.99. The van der Waals surface area contributed by atoms with Gasteiger partial charge >= 0.3 is 0 Å². The van der Waals surface area contributed by atoms with Crippen LogP contribution in [0.15, 0.2) is 45.3 Å². The van der Waals surface area contributed by atoms with Crippen LogP contribution in [0.25, 0.3) is 0 Å². The predicted molar refractivity (Wildman–Crippen MR) is 119 cm³/mol. The Balaban J connectivity index is 1.71. The monoisotopic (exact) mass is 526 g/mol. The van der Waals surface area contributed by atoms with Crippen LogP contribution in [0.2, 0.25) is 0 Å². The zero-order chi connectivity index (χ0) is 20.4. The van der Waals surface area contributed by atoms with E-state index in [0.29, 0.717) is 11.1 Å². The molecule has 2 unspecified atom stereocenters. The largest absolute Gasteiger partial charge is 0.365 e.